The molecule has 0 bridgehead atoms. The summed E-state index contributed by atoms with van der Waals surface area (Å²) in [5.74, 6) is -0.509. The van der Waals surface area contributed by atoms with Crippen LogP contribution in [0.25, 0.3) is 0 Å². The van der Waals surface area contributed by atoms with E-state index in [-0.39, 0.29) is 35.9 Å². The molecule has 1 aromatic carbocycles. The number of ketones is 1. The molecule has 1 atom stereocenters. The van der Waals surface area contributed by atoms with Gasteiger partial charge in [0.2, 0.25) is 5.91 Å². The maximum Gasteiger partial charge on any atom is 0.419 e. The fourth-order valence-electron chi connectivity index (χ4n) is 4.82. The molecule has 0 N–H and O–H groups in total. The van der Waals surface area contributed by atoms with E-state index in [4.69, 9.17) is 0 Å². The lowest BCUT2D eigenvalue weighted by molar-refractivity contribution is -0.137. The van der Waals surface area contributed by atoms with Gasteiger partial charge in [-0.2, -0.15) is 13.2 Å². The van der Waals surface area contributed by atoms with Gasteiger partial charge in [-0.05, 0) is 44.7 Å². The van der Waals surface area contributed by atoms with Gasteiger partial charge in [-0.3, -0.25) is 9.59 Å². The molecule has 2 aliphatic heterocycles. The lowest BCUT2D eigenvalue weighted by atomic mass is 9.87. The third-order valence-corrected chi connectivity index (χ3v) is 6.68. The van der Waals surface area contributed by atoms with Crippen molar-refractivity contribution in [3.05, 3.63) is 59.3 Å². The molecule has 1 amide bonds. The number of Topliss-reactive ketones (excluding diaryl/α,β-unsaturated/α-hetero) is 1. The van der Waals surface area contributed by atoms with E-state index in [1.165, 1.54) is 12.3 Å². The number of rotatable bonds is 4. The van der Waals surface area contributed by atoms with Crippen molar-refractivity contribution in [1.82, 2.24) is 9.88 Å². The molecule has 1 unspecified atom stereocenters. The second-order valence-corrected chi connectivity index (χ2v) is 8.99. The number of halogens is 3. The van der Waals surface area contributed by atoms with E-state index in [1.807, 2.05) is 31.2 Å². The van der Waals surface area contributed by atoms with Crippen molar-refractivity contribution in [2.45, 2.75) is 38.8 Å². The van der Waals surface area contributed by atoms with E-state index >= 15 is 0 Å². The highest BCUT2D eigenvalue weighted by molar-refractivity contribution is 5.98. The summed E-state index contributed by atoms with van der Waals surface area (Å²) in [5, 5.41) is 0. The number of nitrogens with zero attached hydrogens (tertiary/aromatic N) is 3. The summed E-state index contributed by atoms with van der Waals surface area (Å²) in [6.45, 7) is 3.63. The Kier molecular flexibility index (Phi) is 6.72. The Morgan fingerprint density at radius 1 is 0.970 bits per heavy atom. The van der Waals surface area contributed by atoms with Crippen LogP contribution in [0.4, 0.5) is 19.0 Å². The van der Waals surface area contributed by atoms with Gasteiger partial charge >= 0.3 is 6.18 Å². The molecule has 3 heterocycles. The first-order valence-electron chi connectivity index (χ1n) is 11.4. The van der Waals surface area contributed by atoms with E-state index in [2.05, 4.69) is 4.98 Å². The van der Waals surface area contributed by atoms with Crippen LogP contribution < -0.4 is 4.90 Å². The summed E-state index contributed by atoms with van der Waals surface area (Å²) < 4.78 is 40.3. The number of hydrogen-bond donors (Lipinski definition) is 0. The molecule has 2 saturated heterocycles. The van der Waals surface area contributed by atoms with Crippen molar-refractivity contribution in [3.8, 4) is 0 Å². The zero-order valence-corrected chi connectivity index (χ0v) is 18.6. The van der Waals surface area contributed by atoms with Crippen LogP contribution in [-0.4, -0.2) is 47.8 Å². The van der Waals surface area contributed by atoms with Crippen molar-refractivity contribution in [1.29, 1.82) is 0 Å². The molecule has 0 radical (unpaired) electrons. The minimum Gasteiger partial charge on any atom is -0.355 e. The van der Waals surface area contributed by atoms with E-state index in [0.717, 1.165) is 11.6 Å². The molecule has 1 aromatic heterocycles. The Morgan fingerprint density at radius 3 is 2.33 bits per heavy atom. The van der Waals surface area contributed by atoms with Gasteiger partial charge in [-0.1, -0.05) is 29.8 Å². The van der Waals surface area contributed by atoms with Crippen molar-refractivity contribution in [2.24, 2.45) is 11.8 Å². The Hall–Kier alpha value is -2.90. The topological polar surface area (TPSA) is 53.5 Å². The number of amides is 1. The van der Waals surface area contributed by atoms with Crippen LogP contribution in [0.1, 0.15) is 47.2 Å². The number of carbonyl (C=O) groups is 2. The van der Waals surface area contributed by atoms with Crippen molar-refractivity contribution >= 4 is 17.5 Å². The van der Waals surface area contributed by atoms with Crippen molar-refractivity contribution in [3.63, 3.8) is 0 Å². The number of piperidine rings is 2. The number of likely N-dealkylation sites (tertiary alicyclic amines) is 1. The number of aryl methyl sites for hydroxylation is 1. The summed E-state index contributed by atoms with van der Waals surface area (Å²) >= 11 is 0. The quantitative estimate of drug-likeness (QED) is 0.620. The first-order chi connectivity index (χ1) is 15.7. The summed E-state index contributed by atoms with van der Waals surface area (Å²) in [7, 11) is 0. The zero-order chi connectivity index (χ0) is 23.6. The minimum atomic E-state index is -4.49. The molecule has 0 aliphatic carbocycles. The number of anilines is 1. The van der Waals surface area contributed by atoms with Crippen LogP contribution in [0.15, 0.2) is 42.6 Å². The van der Waals surface area contributed by atoms with Crippen LogP contribution in [0.3, 0.4) is 0 Å². The fourth-order valence-corrected chi connectivity index (χ4v) is 4.82. The normalized spacial score (nSPS) is 20.1. The van der Waals surface area contributed by atoms with Crippen LogP contribution in [-0.2, 0) is 11.0 Å². The zero-order valence-electron chi connectivity index (χ0n) is 18.6. The maximum absolute atomic E-state index is 13.4. The van der Waals surface area contributed by atoms with Gasteiger partial charge in [-0.15, -0.1) is 0 Å². The molecule has 5 nitrogen and oxygen atoms in total. The highest BCUT2D eigenvalue weighted by Gasteiger charge is 2.38. The number of carbonyl (C=O) groups excluding carboxylic acids is 2. The number of hydrogen-bond acceptors (Lipinski definition) is 4. The van der Waals surface area contributed by atoms with Crippen LogP contribution in [0.2, 0.25) is 0 Å². The summed E-state index contributed by atoms with van der Waals surface area (Å²) in [6, 6.07) is 9.85. The number of alkyl halides is 3. The Labute approximate surface area is 191 Å². The molecule has 4 rings (SSSR count). The van der Waals surface area contributed by atoms with Crippen LogP contribution >= 0.6 is 0 Å². The monoisotopic (exact) mass is 459 g/mol. The van der Waals surface area contributed by atoms with E-state index in [0.29, 0.717) is 50.9 Å². The van der Waals surface area contributed by atoms with E-state index < -0.39 is 11.7 Å². The van der Waals surface area contributed by atoms with E-state index in [1.54, 1.807) is 9.80 Å². The van der Waals surface area contributed by atoms with Crippen LogP contribution in [0, 0.1) is 18.8 Å². The first kappa shape index (κ1) is 23.3. The number of benzene rings is 1. The first-order valence-corrected chi connectivity index (χ1v) is 11.4. The van der Waals surface area contributed by atoms with Crippen molar-refractivity contribution in [2.75, 3.05) is 31.1 Å². The predicted octanol–water partition coefficient (Wildman–Crippen LogP) is 4.75. The molecule has 0 spiro atoms. The summed E-state index contributed by atoms with van der Waals surface area (Å²) in [4.78, 5) is 33.3. The number of aromatic nitrogens is 1. The second-order valence-electron chi connectivity index (χ2n) is 8.99. The third kappa shape index (κ3) is 5.20. The van der Waals surface area contributed by atoms with E-state index in [9.17, 15) is 22.8 Å². The van der Waals surface area contributed by atoms with Gasteiger partial charge in [0.15, 0.2) is 5.78 Å². The van der Waals surface area contributed by atoms with Gasteiger partial charge < -0.3 is 9.80 Å². The largest absolute Gasteiger partial charge is 0.419 e. The highest BCUT2D eigenvalue weighted by Crippen LogP contribution is 2.36. The Balaban J connectivity index is 1.37. The summed E-state index contributed by atoms with van der Waals surface area (Å²) in [5.41, 5.74) is 1.03. The molecule has 33 heavy (non-hydrogen) atoms. The average Bonchev–Trinajstić information content (AvgIpc) is 2.83. The van der Waals surface area contributed by atoms with Gasteiger partial charge in [-0.25, -0.2) is 4.98 Å². The Bertz CT molecular complexity index is 999. The second kappa shape index (κ2) is 9.53. The molecule has 176 valence electrons. The molecule has 8 heteroatoms. The number of pyridine rings is 1. The van der Waals surface area contributed by atoms with Gasteiger partial charge in [0, 0.05) is 43.9 Å². The molecule has 2 aliphatic rings. The standard InChI is InChI=1S/C25H28F3N3O2/c1-17-6-8-18(9-7-17)22(32)19-10-14-30(15-11-19)24(33)20-4-3-13-31(16-20)23-21(25(26,27)28)5-2-12-29-23/h2,5-9,12,19-20H,3-4,10-11,13-16H2,1H3. The van der Waals surface area contributed by atoms with Crippen molar-refractivity contribution < 1.29 is 22.8 Å². The minimum absolute atomic E-state index is 0.0366. The summed E-state index contributed by atoms with van der Waals surface area (Å²) in [6.07, 6.45) is -0.655. The SMILES string of the molecule is Cc1ccc(C(=O)C2CCN(C(=O)C3CCCN(c4ncccc4C(F)(F)F)C3)CC2)cc1. The lowest BCUT2D eigenvalue weighted by Gasteiger charge is -2.38. The highest BCUT2D eigenvalue weighted by atomic mass is 19.4. The van der Waals surface area contributed by atoms with Gasteiger partial charge in [0.1, 0.15) is 5.82 Å². The molecular formula is C25H28F3N3O2. The van der Waals surface area contributed by atoms with Gasteiger partial charge in [0.25, 0.3) is 0 Å². The van der Waals surface area contributed by atoms with Gasteiger partial charge in [0.05, 0.1) is 11.5 Å². The van der Waals surface area contributed by atoms with Crippen LogP contribution in [0.5, 0.6) is 0 Å². The molecule has 2 fully saturated rings. The maximum atomic E-state index is 13.4. The fraction of sp³-hybridized carbons (Fsp3) is 0.480. The molecule has 0 saturated carbocycles. The Morgan fingerprint density at radius 2 is 1.67 bits per heavy atom. The predicted molar refractivity (Wildman–Crippen MR) is 119 cm³/mol. The average molecular weight is 460 g/mol. The third-order valence-electron chi connectivity index (χ3n) is 6.68. The smallest absolute Gasteiger partial charge is 0.355 e. The molecular weight excluding hydrogens is 431 g/mol. The lowest BCUT2D eigenvalue weighted by Crippen LogP contribution is -2.48. The molecule has 2 aromatic rings.